The van der Waals surface area contributed by atoms with E-state index < -0.39 is 5.97 Å². The van der Waals surface area contributed by atoms with E-state index in [0.29, 0.717) is 24.3 Å². The number of methoxy groups -OCH3 is 1. The van der Waals surface area contributed by atoms with E-state index in [4.69, 9.17) is 14.7 Å². The maximum atomic E-state index is 12.3. The summed E-state index contributed by atoms with van der Waals surface area (Å²) in [5.74, 6) is 0.148. The standard InChI is InChI=1S/C25H31NO3/c1-3-4-5-6-7-8-9-17-29-24-14-13-22(19-23(24)25(27)28-2)21-12-10-11-20(18-21)15-16-26/h10-14,18-19H,3-9,15,17H2,1-2H3. The number of carbonyl (C=O) groups excluding carboxylic acids is 1. The Morgan fingerprint density at radius 2 is 1.69 bits per heavy atom. The predicted octanol–water partition coefficient (Wildman–Crippen LogP) is 6.34. The van der Waals surface area contributed by atoms with Crippen molar-refractivity contribution in [2.45, 2.75) is 58.3 Å². The van der Waals surface area contributed by atoms with E-state index in [-0.39, 0.29) is 0 Å². The number of hydrogen-bond donors (Lipinski definition) is 0. The van der Waals surface area contributed by atoms with Gasteiger partial charge in [0.25, 0.3) is 0 Å². The summed E-state index contributed by atoms with van der Waals surface area (Å²) in [6.45, 7) is 2.82. The monoisotopic (exact) mass is 393 g/mol. The minimum atomic E-state index is -0.408. The molecule has 29 heavy (non-hydrogen) atoms. The van der Waals surface area contributed by atoms with Gasteiger partial charge in [0.15, 0.2) is 0 Å². The summed E-state index contributed by atoms with van der Waals surface area (Å²) < 4.78 is 10.8. The van der Waals surface area contributed by atoms with Gasteiger partial charge in [-0.3, -0.25) is 0 Å². The first-order valence-electron chi connectivity index (χ1n) is 10.5. The van der Waals surface area contributed by atoms with Crippen molar-refractivity contribution >= 4 is 5.97 Å². The molecule has 4 heteroatoms. The highest BCUT2D eigenvalue weighted by molar-refractivity contribution is 5.94. The van der Waals surface area contributed by atoms with Crippen molar-refractivity contribution in [2.75, 3.05) is 13.7 Å². The zero-order chi connectivity index (χ0) is 20.9. The second kappa shape index (κ2) is 12.6. The lowest BCUT2D eigenvalue weighted by atomic mass is 9.99. The first-order valence-corrected chi connectivity index (χ1v) is 10.5. The topological polar surface area (TPSA) is 59.3 Å². The molecule has 0 spiro atoms. The summed E-state index contributed by atoms with van der Waals surface area (Å²) in [5, 5.41) is 8.91. The number of nitrogens with zero attached hydrogens (tertiary/aromatic N) is 1. The smallest absolute Gasteiger partial charge is 0.341 e. The Hall–Kier alpha value is -2.80. The molecule has 0 amide bonds. The van der Waals surface area contributed by atoms with E-state index in [9.17, 15) is 4.79 Å². The maximum absolute atomic E-state index is 12.3. The van der Waals surface area contributed by atoms with E-state index in [2.05, 4.69) is 13.0 Å². The summed E-state index contributed by atoms with van der Waals surface area (Å²) in [6, 6.07) is 15.5. The van der Waals surface area contributed by atoms with Gasteiger partial charge in [0, 0.05) is 0 Å². The van der Waals surface area contributed by atoms with Crippen LogP contribution in [0.5, 0.6) is 5.75 Å². The van der Waals surface area contributed by atoms with Gasteiger partial charge < -0.3 is 9.47 Å². The van der Waals surface area contributed by atoms with Crippen molar-refractivity contribution in [3.8, 4) is 22.9 Å². The normalized spacial score (nSPS) is 10.4. The summed E-state index contributed by atoms with van der Waals surface area (Å²) in [4.78, 5) is 12.3. The first kappa shape index (κ1) is 22.5. The van der Waals surface area contributed by atoms with Crippen molar-refractivity contribution < 1.29 is 14.3 Å². The number of esters is 1. The van der Waals surface area contributed by atoms with Gasteiger partial charge in [-0.15, -0.1) is 0 Å². The van der Waals surface area contributed by atoms with Gasteiger partial charge >= 0.3 is 5.97 Å². The Labute approximate surface area is 174 Å². The average molecular weight is 394 g/mol. The van der Waals surface area contributed by atoms with Crippen LogP contribution in [0, 0.1) is 11.3 Å². The van der Waals surface area contributed by atoms with Crippen molar-refractivity contribution in [3.63, 3.8) is 0 Å². The molecule has 0 saturated carbocycles. The van der Waals surface area contributed by atoms with E-state index >= 15 is 0 Å². The Morgan fingerprint density at radius 3 is 2.41 bits per heavy atom. The van der Waals surface area contributed by atoms with Crippen LogP contribution in [0.15, 0.2) is 42.5 Å². The van der Waals surface area contributed by atoms with Crippen molar-refractivity contribution in [2.24, 2.45) is 0 Å². The van der Waals surface area contributed by atoms with Crippen LogP contribution >= 0.6 is 0 Å². The number of benzene rings is 2. The number of unbranched alkanes of at least 4 members (excludes halogenated alkanes) is 6. The molecule has 0 aliphatic rings. The third-order valence-corrected chi connectivity index (χ3v) is 4.93. The molecule has 0 bridgehead atoms. The highest BCUT2D eigenvalue weighted by Crippen LogP contribution is 2.28. The number of rotatable bonds is 12. The van der Waals surface area contributed by atoms with Gasteiger partial charge in [0.1, 0.15) is 11.3 Å². The summed E-state index contributed by atoms with van der Waals surface area (Å²) >= 11 is 0. The molecule has 0 radical (unpaired) electrons. The summed E-state index contributed by atoms with van der Waals surface area (Å²) in [7, 11) is 1.38. The number of carbonyl (C=O) groups is 1. The summed E-state index contributed by atoms with van der Waals surface area (Å²) in [6.07, 6.45) is 8.86. The van der Waals surface area contributed by atoms with Crippen LogP contribution in [0.3, 0.4) is 0 Å². The second-order valence-corrected chi connectivity index (χ2v) is 7.21. The van der Waals surface area contributed by atoms with Crippen molar-refractivity contribution in [1.82, 2.24) is 0 Å². The fourth-order valence-electron chi connectivity index (χ4n) is 3.30. The Bertz CT molecular complexity index is 823. The van der Waals surface area contributed by atoms with Crippen LogP contribution in [0.1, 0.15) is 67.8 Å². The molecule has 0 saturated heterocycles. The van der Waals surface area contributed by atoms with Crippen molar-refractivity contribution in [1.29, 1.82) is 5.26 Å². The molecule has 0 fully saturated rings. The third kappa shape index (κ3) is 7.27. The molecular formula is C25H31NO3. The highest BCUT2D eigenvalue weighted by atomic mass is 16.5. The van der Waals surface area contributed by atoms with Gasteiger partial charge in [0.05, 0.1) is 26.2 Å². The fourth-order valence-corrected chi connectivity index (χ4v) is 3.30. The average Bonchev–Trinajstić information content (AvgIpc) is 2.75. The molecule has 2 aromatic carbocycles. The maximum Gasteiger partial charge on any atom is 0.341 e. The molecule has 0 N–H and O–H groups in total. The molecule has 0 aliphatic heterocycles. The minimum Gasteiger partial charge on any atom is -0.493 e. The molecule has 154 valence electrons. The Balaban J connectivity index is 2.03. The van der Waals surface area contributed by atoms with E-state index in [1.54, 1.807) is 6.07 Å². The fraction of sp³-hybridized carbons (Fsp3) is 0.440. The quantitative estimate of drug-likeness (QED) is 0.312. The number of nitriles is 1. The molecule has 2 rings (SSSR count). The molecule has 2 aromatic rings. The highest BCUT2D eigenvalue weighted by Gasteiger charge is 2.15. The molecule has 0 aliphatic carbocycles. The van der Waals surface area contributed by atoms with Gasteiger partial charge in [-0.2, -0.15) is 5.26 Å². The second-order valence-electron chi connectivity index (χ2n) is 7.21. The van der Waals surface area contributed by atoms with E-state index in [1.807, 2.05) is 36.4 Å². The number of ether oxygens (including phenoxy) is 2. The Morgan fingerprint density at radius 1 is 0.966 bits per heavy atom. The summed E-state index contributed by atoms with van der Waals surface area (Å²) in [5.41, 5.74) is 3.23. The van der Waals surface area contributed by atoms with Crippen LogP contribution in [-0.4, -0.2) is 19.7 Å². The molecule has 0 unspecified atom stereocenters. The van der Waals surface area contributed by atoms with E-state index in [0.717, 1.165) is 29.5 Å². The van der Waals surface area contributed by atoms with Crippen LogP contribution in [-0.2, 0) is 11.2 Å². The lowest BCUT2D eigenvalue weighted by Gasteiger charge is -2.12. The van der Waals surface area contributed by atoms with Crippen LogP contribution in [0.25, 0.3) is 11.1 Å². The zero-order valence-electron chi connectivity index (χ0n) is 17.6. The van der Waals surface area contributed by atoms with E-state index in [1.165, 1.54) is 39.2 Å². The molecule has 0 aromatic heterocycles. The zero-order valence-corrected chi connectivity index (χ0v) is 17.6. The lowest BCUT2D eigenvalue weighted by Crippen LogP contribution is -2.07. The SMILES string of the molecule is CCCCCCCCCOc1ccc(-c2cccc(CC#N)c2)cc1C(=O)OC. The van der Waals surface area contributed by atoms with Gasteiger partial charge in [-0.1, -0.05) is 75.8 Å². The third-order valence-electron chi connectivity index (χ3n) is 4.93. The van der Waals surface area contributed by atoms with Gasteiger partial charge in [-0.05, 0) is 35.2 Å². The molecule has 0 atom stereocenters. The van der Waals surface area contributed by atoms with Gasteiger partial charge in [-0.25, -0.2) is 4.79 Å². The first-order chi connectivity index (χ1) is 14.2. The Kier molecular flexibility index (Phi) is 9.78. The predicted molar refractivity (Wildman–Crippen MR) is 116 cm³/mol. The van der Waals surface area contributed by atoms with Crippen molar-refractivity contribution in [3.05, 3.63) is 53.6 Å². The molecular weight excluding hydrogens is 362 g/mol. The molecule has 0 heterocycles. The van der Waals surface area contributed by atoms with Gasteiger partial charge in [0.2, 0.25) is 0 Å². The molecule has 4 nitrogen and oxygen atoms in total. The number of hydrogen-bond acceptors (Lipinski definition) is 4. The van der Waals surface area contributed by atoms with Crippen LogP contribution in [0.4, 0.5) is 0 Å². The lowest BCUT2D eigenvalue weighted by molar-refractivity contribution is 0.0596. The van der Waals surface area contributed by atoms with Crippen LogP contribution in [0.2, 0.25) is 0 Å². The minimum absolute atomic E-state index is 0.358. The largest absolute Gasteiger partial charge is 0.493 e. The van der Waals surface area contributed by atoms with Crippen LogP contribution < -0.4 is 4.74 Å².